The Labute approximate surface area is 376 Å². The third kappa shape index (κ3) is 10.2. The third-order valence-electron chi connectivity index (χ3n) is 10.9. The van der Waals surface area contributed by atoms with Crippen LogP contribution in [0.1, 0.15) is 33.4 Å². The first-order valence-electron chi connectivity index (χ1n) is 20.5. The molecule has 5 heteroatoms. The van der Waals surface area contributed by atoms with Crippen LogP contribution >= 0.6 is 11.3 Å². The molecule has 0 aliphatic carbocycles. The summed E-state index contributed by atoms with van der Waals surface area (Å²) in [5, 5.41) is 2.61. The summed E-state index contributed by atoms with van der Waals surface area (Å²) in [5.41, 5.74) is 14.3. The molecule has 10 rings (SSSR count). The summed E-state index contributed by atoms with van der Waals surface area (Å²) in [7, 11) is 0. The van der Waals surface area contributed by atoms with E-state index in [1.54, 1.807) is 0 Å². The Hall–Kier alpha value is -6.36. The van der Waals surface area contributed by atoms with Crippen LogP contribution in [0.2, 0.25) is 0 Å². The fourth-order valence-electron chi connectivity index (χ4n) is 7.77. The molecule has 0 atom stereocenters. The number of hydrogen-bond acceptors (Lipinski definition) is 4. The number of pyridine rings is 3. The number of nitrogens with zero attached hydrogens (tertiary/aromatic N) is 3. The van der Waals surface area contributed by atoms with Gasteiger partial charge in [0.1, 0.15) is 0 Å². The number of fused-ring (bicyclic) bond motifs is 3. The first-order valence-corrected chi connectivity index (χ1v) is 21.3. The van der Waals surface area contributed by atoms with Crippen molar-refractivity contribution in [2.45, 2.75) is 32.1 Å². The Morgan fingerprint density at radius 1 is 0.410 bits per heavy atom. The predicted molar refractivity (Wildman–Crippen MR) is 249 cm³/mol. The molecular weight excluding hydrogens is 939 g/mol. The monoisotopic (exact) mass is 981 g/mol. The van der Waals surface area contributed by atoms with E-state index in [9.17, 15) is 0 Å². The summed E-state index contributed by atoms with van der Waals surface area (Å²) >= 11 is 1.81. The van der Waals surface area contributed by atoms with E-state index in [0.29, 0.717) is 0 Å². The zero-order valence-electron chi connectivity index (χ0n) is 33.6. The summed E-state index contributed by atoms with van der Waals surface area (Å²) in [4.78, 5) is 13.5. The van der Waals surface area contributed by atoms with Crippen molar-refractivity contribution in [3.05, 3.63) is 246 Å². The van der Waals surface area contributed by atoms with Crippen LogP contribution in [0.4, 0.5) is 0 Å². The summed E-state index contributed by atoms with van der Waals surface area (Å²) < 4.78 is 2.58. The average molecular weight is 981 g/mol. The van der Waals surface area contributed by atoms with Crippen LogP contribution in [0.3, 0.4) is 0 Å². The molecule has 4 aromatic heterocycles. The molecular formula is C56H42IrN3S. The Balaban J connectivity index is 0.000000213. The van der Waals surface area contributed by atoms with E-state index < -0.39 is 0 Å². The molecule has 0 saturated heterocycles. The van der Waals surface area contributed by atoms with Gasteiger partial charge in [0.15, 0.2) is 0 Å². The minimum Gasteiger partial charge on any atom is -0.305 e. The molecule has 0 saturated carbocycles. The van der Waals surface area contributed by atoms with Gasteiger partial charge in [-0.3, -0.25) is 0 Å². The van der Waals surface area contributed by atoms with Gasteiger partial charge in [0.25, 0.3) is 0 Å². The molecule has 0 radical (unpaired) electrons. The predicted octanol–water partition coefficient (Wildman–Crippen LogP) is 13.5. The van der Waals surface area contributed by atoms with E-state index >= 15 is 0 Å². The van der Waals surface area contributed by atoms with Crippen molar-refractivity contribution < 1.29 is 20.1 Å². The van der Waals surface area contributed by atoms with E-state index in [4.69, 9.17) is 0 Å². The SMILES string of the molecule is [Ir+3].[c-]1ccc2c(sc3ccccc32)c1-c1ccccn1.[c-]1ccccc1-c1cc(CCc2ccccc2Cc2ccccc2CCc2cc[c-]c(-c3ccccn3)c2)ccn1. The molecule has 0 spiro atoms. The van der Waals surface area contributed by atoms with Crippen molar-refractivity contribution in [3.8, 4) is 33.8 Å². The Kier molecular flexibility index (Phi) is 13.7. The van der Waals surface area contributed by atoms with Crippen LogP contribution in [-0.2, 0) is 52.2 Å². The maximum absolute atomic E-state index is 4.57. The molecule has 3 nitrogen and oxygen atoms in total. The first-order chi connectivity index (χ1) is 29.7. The normalized spacial score (nSPS) is 10.8. The van der Waals surface area contributed by atoms with Gasteiger partial charge in [-0.2, -0.15) is 11.3 Å². The summed E-state index contributed by atoms with van der Waals surface area (Å²) in [5.74, 6) is 0. The second kappa shape index (κ2) is 20.3. The molecule has 6 aromatic carbocycles. The van der Waals surface area contributed by atoms with Crippen LogP contribution in [-0.4, -0.2) is 15.0 Å². The van der Waals surface area contributed by atoms with Crippen LogP contribution in [0.15, 0.2) is 195 Å². The molecule has 0 N–H and O–H groups in total. The average Bonchev–Trinajstić information content (AvgIpc) is 3.71. The van der Waals surface area contributed by atoms with Crippen LogP contribution in [0.5, 0.6) is 0 Å². The van der Waals surface area contributed by atoms with Crippen molar-refractivity contribution in [1.29, 1.82) is 0 Å². The van der Waals surface area contributed by atoms with Crippen molar-refractivity contribution >= 4 is 31.5 Å². The summed E-state index contributed by atoms with van der Waals surface area (Å²) in [6, 6.07) is 71.2. The molecule has 0 aliphatic heterocycles. The van der Waals surface area contributed by atoms with Crippen molar-refractivity contribution in [1.82, 2.24) is 15.0 Å². The first kappa shape index (κ1) is 41.4. The van der Waals surface area contributed by atoms with Gasteiger partial charge in [-0.1, -0.05) is 108 Å². The van der Waals surface area contributed by atoms with E-state index in [1.165, 1.54) is 53.6 Å². The number of thiophene rings is 1. The Morgan fingerprint density at radius 2 is 1.02 bits per heavy atom. The van der Waals surface area contributed by atoms with Crippen molar-refractivity contribution in [3.63, 3.8) is 0 Å². The van der Waals surface area contributed by atoms with Crippen LogP contribution < -0.4 is 0 Å². The Morgan fingerprint density at radius 3 is 1.72 bits per heavy atom. The van der Waals surface area contributed by atoms with E-state index in [-0.39, 0.29) is 20.1 Å². The van der Waals surface area contributed by atoms with Gasteiger partial charge >= 0.3 is 20.1 Å². The molecule has 0 amide bonds. The molecule has 0 fully saturated rings. The van der Waals surface area contributed by atoms with Gasteiger partial charge in [-0.05, 0) is 106 Å². The minimum atomic E-state index is 0. The quantitative estimate of drug-likeness (QED) is 0.121. The van der Waals surface area contributed by atoms with Gasteiger partial charge in [0.05, 0.1) is 0 Å². The van der Waals surface area contributed by atoms with Gasteiger partial charge < -0.3 is 15.0 Å². The van der Waals surface area contributed by atoms with Gasteiger partial charge in [-0.25, -0.2) is 0 Å². The van der Waals surface area contributed by atoms with E-state index in [0.717, 1.165) is 65.9 Å². The second-order valence-electron chi connectivity index (χ2n) is 14.8. The molecule has 4 heterocycles. The van der Waals surface area contributed by atoms with E-state index in [1.807, 2.05) is 96.7 Å². The molecule has 10 aromatic rings. The standard InChI is InChI=1S/C39H32N2.C17H10NS.Ir/c1-2-14-34(15-3-1)39-28-31(24-26-41-39)21-23-33-13-5-7-17-36(33)29-35-16-6-4-12-32(35)22-20-30-11-10-18-37(27-30)38-19-8-9-25-40-38;1-2-10-16-12(6-1)13-7-5-8-14(17(13)19-16)15-9-3-4-11-18-15;/h1-14,16-17,19,24-28H,20-23,29H2;1-7,9-11H;/q-2;-1;+3. The smallest absolute Gasteiger partial charge is 0.305 e. The van der Waals surface area contributed by atoms with E-state index in [2.05, 4.69) is 142 Å². The minimum absolute atomic E-state index is 0. The third-order valence-corrected chi connectivity index (χ3v) is 12.1. The number of hydrogen-bond donors (Lipinski definition) is 0. The number of aryl methyl sites for hydroxylation is 4. The zero-order chi connectivity index (χ0) is 40.4. The van der Waals surface area contributed by atoms with Crippen molar-refractivity contribution in [2.24, 2.45) is 0 Å². The van der Waals surface area contributed by atoms with Gasteiger partial charge in [-0.15, -0.1) is 95.1 Å². The molecule has 0 aliphatic rings. The van der Waals surface area contributed by atoms with Crippen molar-refractivity contribution in [2.75, 3.05) is 0 Å². The van der Waals surface area contributed by atoms with Crippen LogP contribution in [0, 0.1) is 18.2 Å². The largest absolute Gasteiger partial charge is 3.00 e. The number of aromatic nitrogens is 3. The van der Waals surface area contributed by atoms with Gasteiger partial charge in [0, 0.05) is 23.3 Å². The molecule has 0 bridgehead atoms. The molecule has 0 unspecified atom stereocenters. The maximum atomic E-state index is 4.57. The second-order valence-corrected chi connectivity index (χ2v) is 15.8. The summed E-state index contributed by atoms with van der Waals surface area (Å²) in [6.45, 7) is 0. The zero-order valence-corrected chi connectivity index (χ0v) is 36.8. The number of rotatable bonds is 11. The maximum Gasteiger partial charge on any atom is 3.00 e. The summed E-state index contributed by atoms with van der Waals surface area (Å²) in [6.07, 6.45) is 10.5. The fraction of sp³-hybridized carbons (Fsp3) is 0.0893. The van der Waals surface area contributed by atoms with Crippen LogP contribution in [0.25, 0.3) is 53.9 Å². The topological polar surface area (TPSA) is 38.7 Å². The fourth-order valence-corrected chi connectivity index (χ4v) is 8.98. The molecule has 296 valence electrons. The Bertz CT molecular complexity index is 2840. The molecule has 61 heavy (non-hydrogen) atoms. The number of benzene rings is 6. The van der Waals surface area contributed by atoms with Gasteiger partial charge in [0.2, 0.25) is 0 Å².